The first kappa shape index (κ1) is 18.9. The van der Waals surface area contributed by atoms with Crippen LogP contribution in [0.1, 0.15) is 32.8 Å². The van der Waals surface area contributed by atoms with Gasteiger partial charge in [0.1, 0.15) is 10.8 Å². The van der Waals surface area contributed by atoms with Crippen molar-refractivity contribution in [3.63, 3.8) is 0 Å². The maximum atomic E-state index is 12.6. The molecule has 0 spiro atoms. The Balaban J connectivity index is 1.76. The van der Waals surface area contributed by atoms with Crippen molar-refractivity contribution >= 4 is 39.7 Å². The Morgan fingerprint density at radius 1 is 1.07 bits per heavy atom. The number of nitrogens with two attached hydrogens (primary N) is 1. The number of alkyl halides is 3. The van der Waals surface area contributed by atoms with Gasteiger partial charge in [-0.15, -0.1) is 11.3 Å². The van der Waals surface area contributed by atoms with E-state index in [1.807, 2.05) is 0 Å². The number of primary amides is 1. The maximum absolute atomic E-state index is 12.6. The van der Waals surface area contributed by atoms with Crippen molar-refractivity contribution in [2.24, 2.45) is 5.73 Å². The summed E-state index contributed by atoms with van der Waals surface area (Å²) in [5.74, 6) is -0.674. The highest BCUT2D eigenvalue weighted by Crippen LogP contribution is 2.37. The van der Waals surface area contributed by atoms with Crippen LogP contribution in [-0.4, -0.2) is 17.7 Å². The predicted octanol–water partition coefficient (Wildman–Crippen LogP) is 3.57. The zero-order valence-corrected chi connectivity index (χ0v) is 14.6. The monoisotopic (exact) mass is 397 g/mol. The minimum absolute atomic E-state index is 0.0422. The summed E-state index contributed by atoms with van der Waals surface area (Å²) in [5.41, 5.74) is 5.56. The molecular weight excluding hydrogens is 383 g/mol. The van der Waals surface area contributed by atoms with Crippen molar-refractivity contribution in [2.75, 3.05) is 10.6 Å². The second-order valence-electron chi connectivity index (χ2n) is 5.94. The van der Waals surface area contributed by atoms with Crippen LogP contribution < -0.4 is 16.4 Å². The van der Waals surface area contributed by atoms with Gasteiger partial charge in [0.2, 0.25) is 0 Å². The Labute approximate surface area is 155 Å². The number of fused-ring (bicyclic) bond motifs is 1. The number of amides is 3. The second kappa shape index (κ2) is 7.03. The summed E-state index contributed by atoms with van der Waals surface area (Å²) in [6, 6.07) is 3.20. The minimum atomic E-state index is -4.47. The van der Waals surface area contributed by atoms with Crippen LogP contribution in [0.3, 0.4) is 0 Å². The largest absolute Gasteiger partial charge is 0.416 e. The van der Waals surface area contributed by atoms with Gasteiger partial charge in [0, 0.05) is 23.4 Å². The molecule has 1 heterocycles. The summed E-state index contributed by atoms with van der Waals surface area (Å²) in [6.07, 6.45) is -3.60. The van der Waals surface area contributed by atoms with Crippen LogP contribution in [0.2, 0.25) is 0 Å². The average Bonchev–Trinajstić information content (AvgIpc) is 2.91. The van der Waals surface area contributed by atoms with Crippen molar-refractivity contribution in [1.29, 1.82) is 0 Å². The van der Waals surface area contributed by atoms with Crippen molar-refractivity contribution in [3.8, 4) is 0 Å². The summed E-state index contributed by atoms with van der Waals surface area (Å²) in [5, 5.41) is 5.10. The number of ketones is 1. The number of halogens is 3. The maximum Gasteiger partial charge on any atom is 0.416 e. The molecule has 0 radical (unpaired) electrons. The standard InChI is InChI=1S/C17H14F3N3O3S/c18-17(19,20)8-1-3-9(4-2-8)22-16(26)23-15-13(14(21)25)11-6-5-10(24)7-12(11)27-15/h1-4H,5-7H2,(H2,21,25)(H2,22,23,26). The number of rotatable bonds is 3. The van der Waals surface area contributed by atoms with Crippen molar-refractivity contribution in [1.82, 2.24) is 0 Å². The van der Waals surface area contributed by atoms with Gasteiger partial charge in [-0.05, 0) is 36.2 Å². The van der Waals surface area contributed by atoms with Gasteiger partial charge in [-0.3, -0.25) is 14.9 Å². The van der Waals surface area contributed by atoms with E-state index in [1.54, 1.807) is 0 Å². The van der Waals surface area contributed by atoms with Gasteiger partial charge in [-0.2, -0.15) is 13.2 Å². The fraction of sp³-hybridized carbons (Fsp3) is 0.235. The molecule has 10 heteroatoms. The first-order chi connectivity index (χ1) is 12.6. The summed E-state index contributed by atoms with van der Waals surface area (Å²) < 4.78 is 37.7. The third-order valence-corrected chi connectivity index (χ3v) is 5.19. The van der Waals surface area contributed by atoms with E-state index in [0.717, 1.165) is 35.6 Å². The summed E-state index contributed by atoms with van der Waals surface area (Å²) >= 11 is 1.10. The number of carbonyl (C=O) groups excluding carboxylic acids is 3. The minimum Gasteiger partial charge on any atom is -0.365 e. The Morgan fingerprint density at radius 2 is 1.74 bits per heavy atom. The van der Waals surface area contributed by atoms with Gasteiger partial charge in [0.25, 0.3) is 5.91 Å². The topological polar surface area (TPSA) is 101 Å². The molecule has 0 saturated heterocycles. The molecule has 0 unspecified atom stereocenters. The molecule has 6 nitrogen and oxygen atoms in total. The molecule has 3 rings (SSSR count). The van der Waals surface area contributed by atoms with Gasteiger partial charge in [0.05, 0.1) is 11.1 Å². The van der Waals surface area contributed by atoms with E-state index in [4.69, 9.17) is 5.73 Å². The summed E-state index contributed by atoms with van der Waals surface area (Å²) in [6.45, 7) is 0. The van der Waals surface area contributed by atoms with Crippen LogP contribution in [0.4, 0.5) is 28.7 Å². The van der Waals surface area contributed by atoms with Gasteiger partial charge in [-0.25, -0.2) is 4.79 Å². The number of carbonyl (C=O) groups is 3. The third kappa shape index (κ3) is 4.11. The summed E-state index contributed by atoms with van der Waals surface area (Å²) in [4.78, 5) is 36.2. The molecule has 1 aliphatic rings. The number of benzene rings is 1. The highest BCUT2D eigenvalue weighted by atomic mass is 32.1. The Hall–Kier alpha value is -2.88. The lowest BCUT2D eigenvalue weighted by molar-refractivity contribution is -0.137. The molecule has 0 aliphatic heterocycles. The van der Waals surface area contributed by atoms with Crippen LogP contribution in [0.15, 0.2) is 24.3 Å². The molecule has 0 fully saturated rings. The van der Waals surface area contributed by atoms with Crippen molar-refractivity contribution in [2.45, 2.75) is 25.4 Å². The number of hydrogen-bond donors (Lipinski definition) is 3. The molecule has 1 aliphatic carbocycles. The molecule has 0 bridgehead atoms. The highest BCUT2D eigenvalue weighted by Gasteiger charge is 2.30. The number of nitrogens with one attached hydrogen (secondary N) is 2. The zero-order chi connectivity index (χ0) is 19.8. The fourth-order valence-electron chi connectivity index (χ4n) is 2.81. The Bertz CT molecular complexity index is 920. The number of Topliss-reactive ketones (excluding diaryl/α,β-unsaturated/α-hetero) is 1. The average molecular weight is 397 g/mol. The van der Waals surface area contributed by atoms with Crippen molar-refractivity contribution < 1.29 is 27.6 Å². The van der Waals surface area contributed by atoms with E-state index in [2.05, 4.69) is 10.6 Å². The molecule has 3 amide bonds. The normalized spacial score (nSPS) is 13.8. The lowest BCUT2D eigenvalue weighted by Gasteiger charge is -2.11. The number of hydrogen-bond acceptors (Lipinski definition) is 4. The molecule has 0 saturated carbocycles. The molecule has 1 aromatic carbocycles. The van der Waals surface area contributed by atoms with E-state index in [-0.39, 0.29) is 28.5 Å². The zero-order valence-electron chi connectivity index (χ0n) is 13.8. The first-order valence-electron chi connectivity index (χ1n) is 7.86. The fourth-order valence-corrected chi connectivity index (χ4v) is 4.08. The number of anilines is 2. The third-order valence-electron chi connectivity index (χ3n) is 4.05. The summed E-state index contributed by atoms with van der Waals surface area (Å²) in [7, 11) is 0. The van der Waals surface area contributed by atoms with Gasteiger partial charge in [0.15, 0.2) is 0 Å². The van der Waals surface area contributed by atoms with E-state index >= 15 is 0 Å². The smallest absolute Gasteiger partial charge is 0.365 e. The molecule has 27 heavy (non-hydrogen) atoms. The van der Waals surface area contributed by atoms with E-state index in [9.17, 15) is 27.6 Å². The Morgan fingerprint density at radius 3 is 2.33 bits per heavy atom. The SMILES string of the molecule is NC(=O)c1c(NC(=O)Nc2ccc(C(F)(F)F)cc2)sc2c1CCC(=O)C2. The number of thiophene rings is 1. The van der Waals surface area contributed by atoms with E-state index in [1.165, 1.54) is 0 Å². The van der Waals surface area contributed by atoms with Crippen molar-refractivity contribution in [3.05, 3.63) is 45.8 Å². The molecule has 2 aromatic rings. The highest BCUT2D eigenvalue weighted by molar-refractivity contribution is 7.17. The van der Waals surface area contributed by atoms with Gasteiger partial charge in [-0.1, -0.05) is 0 Å². The van der Waals surface area contributed by atoms with Crippen LogP contribution in [-0.2, 0) is 23.8 Å². The molecule has 142 valence electrons. The quantitative estimate of drug-likeness (QED) is 0.738. The Kier molecular flexibility index (Phi) is 4.92. The lowest BCUT2D eigenvalue weighted by Crippen LogP contribution is -2.22. The number of urea groups is 1. The van der Waals surface area contributed by atoms with E-state index < -0.39 is 23.7 Å². The van der Waals surface area contributed by atoms with Crippen LogP contribution >= 0.6 is 11.3 Å². The molecule has 0 atom stereocenters. The predicted molar refractivity (Wildman–Crippen MR) is 94.0 cm³/mol. The first-order valence-corrected chi connectivity index (χ1v) is 8.68. The molecule has 4 N–H and O–H groups in total. The van der Waals surface area contributed by atoms with Crippen LogP contribution in [0.5, 0.6) is 0 Å². The lowest BCUT2D eigenvalue weighted by atomic mass is 9.94. The van der Waals surface area contributed by atoms with Crippen LogP contribution in [0, 0.1) is 0 Å². The van der Waals surface area contributed by atoms with Crippen LogP contribution in [0.25, 0.3) is 0 Å². The van der Waals surface area contributed by atoms with Gasteiger partial charge >= 0.3 is 12.2 Å². The van der Waals surface area contributed by atoms with Gasteiger partial charge < -0.3 is 11.1 Å². The molecular formula is C17H14F3N3O3S. The van der Waals surface area contributed by atoms with E-state index in [0.29, 0.717) is 23.3 Å². The molecule has 1 aromatic heterocycles. The second-order valence-corrected chi connectivity index (χ2v) is 7.05.